The van der Waals surface area contributed by atoms with E-state index in [0.717, 1.165) is 10.0 Å². The van der Waals surface area contributed by atoms with Crippen molar-refractivity contribution in [3.8, 4) is 17.2 Å². The Balaban J connectivity index is 2.32. The van der Waals surface area contributed by atoms with Crippen molar-refractivity contribution in [3.05, 3.63) is 16.1 Å². The first kappa shape index (κ1) is 16.1. The number of methoxy groups -OCH3 is 3. The number of benzene rings is 1. The molecular weight excluding hydrogens is 334 g/mol. The molecule has 1 fully saturated rings. The van der Waals surface area contributed by atoms with Crippen molar-refractivity contribution in [3.63, 3.8) is 0 Å². The van der Waals surface area contributed by atoms with Gasteiger partial charge in [-0.15, -0.1) is 0 Å². The Morgan fingerprint density at radius 1 is 1.05 bits per heavy atom. The van der Waals surface area contributed by atoms with Gasteiger partial charge in [0.2, 0.25) is 5.75 Å². The quantitative estimate of drug-likeness (QED) is 0.742. The van der Waals surface area contributed by atoms with E-state index >= 15 is 0 Å². The van der Waals surface area contributed by atoms with Gasteiger partial charge in [-0.05, 0) is 34.8 Å². The van der Waals surface area contributed by atoms with Gasteiger partial charge < -0.3 is 14.2 Å². The molecule has 0 radical (unpaired) electrons. The molecule has 0 amide bonds. The molecule has 1 aromatic carbocycles. The SMILES string of the molecule is COc1cc(C=NC2CCCCC2)c(Br)c(OC)c1OC. The first-order valence-corrected chi connectivity index (χ1v) is 8.02. The van der Waals surface area contributed by atoms with Gasteiger partial charge in [0.05, 0.1) is 25.8 Å². The van der Waals surface area contributed by atoms with Crippen molar-refractivity contribution in [2.24, 2.45) is 4.99 Å². The molecule has 0 saturated heterocycles. The first-order valence-electron chi connectivity index (χ1n) is 7.23. The van der Waals surface area contributed by atoms with Crippen LogP contribution in [0.2, 0.25) is 0 Å². The average molecular weight is 356 g/mol. The molecule has 21 heavy (non-hydrogen) atoms. The Hall–Kier alpha value is -1.23. The number of ether oxygens (including phenoxy) is 3. The molecule has 0 bridgehead atoms. The van der Waals surface area contributed by atoms with Crippen LogP contribution in [0.25, 0.3) is 0 Å². The van der Waals surface area contributed by atoms with Gasteiger partial charge in [-0.25, -0.2) is 0 Å². The highest BCUT2D eigenvalue weighted by Crippen LogP contribution is 2.44. The number of aliphatic imine (C=N–C) groups is 1. The van der Waals surface area contributed by atoms with E-state index in [0.29, 0.717) is 23.3 Å². The monoisotopic (exact) mass is 355 g/mol. The van der Waals surface area contributed by atoms with Crippen molar-refractivity contribution in [1.29, 1.82) is 0 Å². The third kappa shape index (κ3) is 3.70. The van der Waals surface area contributed by atoms with E-state index < -0.39 is 0 Å². The molecule has 1 aliphatic carbocycles. The van der Waals surface area contributed by atoms with Gasteiger partial charge in [0.1, 0.15) is 0 Å². The van der Waals surface area contributed by atoms with E-state index in [1.165, 1.54) is 32.1 Å². The van der Waals surface area contributed by atoms with Crippen LogP contribution in [-0.2, 0) is 0 Å². The minimum absolute atomic E-state index is 0.435. The number of halogens is 1. The van der Waals surface area contributed by atoms with E-state index in [4.69, 9.17) is 19.2 Å². The third-order valence-electron chi connectivity index (χ3n) is 3.80. The maximum absolute atomic E-state index is 5.43. The van der Waals surface area contributed by atoms with Crippen LogP contribution >= 0.6 is 15.9 Å². The molecule has 5 heteroatoms. The summed E-state index contributed by atoms with van der Waals surface area (Å²) in [6, 6.07) is 2.35. The lowest BCUT2D eigenvalue weighted by molar-refractivity contribution is 0.323. The zero-order valence-corrected chi connectivity index (χ0v) is 14.4. The molecule has 116 valence electrons. The molecule has 0 aliphatic heterocycles. The van der Waals surface area contributed by atoms with Crippen molar-refractivity contribution in [2.75, 3.05) is 21.3 Å². The second-order valence-electron chi connectivity index (χ2n) is 5.12. The zero-order chi connectivity index (χ0) is 15.2. The molecule has 2 rings (SSSR count). The second-order valence-corrected chi connectivity index (χ2v) is 5.91. The Morgan fingerprint density at radius 2 is 1.71 bits per heavy atom. The molecular formula is C16H22BrNO3. The predicted molar refractivity (Wildman–Crippen MR) is 88.3 cm³/mol. The Bertz CT molecular complexity index is 511. The second kappa shape index (κ2) is 7.69. The van der Waals surface area contributed by atoms with Gasteiger partial charge in [0.15, 0.2) is 11.5 Å². The predicted octanol–water partition coefficient (Wildman–Crippen LogP) is 4.23. The third-order valence-corrected chi connectivity index (χ3v) is 4.61. The fraction of sp³-hybridized carbons (Fsp3) is 0.562. The van der Waals surface area contributed by atoms with Gasteiger partial charge in [-0.3, -0.25) is 4.99 Å². The summed E-state index contributed by atoms with van der Waals surface area (Å²) in [6.07, 6.45) is 8.15. The van der Waals surface area contributed by atoms with Crippen LogP contribution in [0.1, 0.15) is 37.7 Å². The molecule has 0 unspecified atom stereocenters. The fourth-order valence-corrected chi connectivity index (χ4v) is 3.21. The molecule has 0 aromatic heterocycles. The average Bonchev–Trinajstić information content (AvgIpc) is 2.54. The number of hydrogen-bond acceptors (Lipinski definition) is 4. The van der Waals surface area contributed by atoms with Crippen LogP contribution < -0.4 is 14.2 Å². The Labute approximate surface area is 134 Å². The Kier molecular flexibility index (Phi) is 5.91. The topological polar surface area (TPSA) is 40.0 Å². The summed E-state index contributed by atoms with van der Waals surface area (Å²) >= 11 is 3.57. The summed E-state index contributed by atoms with van der Waals surface area (Å²) in [5.41, 5.74) is 0.940. The molecule has 1 aliphatic rings. The largest absolute Gasteiger partial charge is 0.493 e. The van der Waals surface area contributed by atoms with Crippen LogP contribution in [0, 0.1) is 0 Å². The molecule has 0 atom stereocenters. The summed E-state index contributed by atoms with van der Waals surface area (Å²) in [5.74, 6) is 1.85. The van der Waals surface area contributed by atoms with Gasteiger partial charge in [-0.1, -0.05) is 19.3 Å². The van der Waals surface area contributed by atoms with Crippen LogP contribution in [-0.4, -0.2) is 33.6 Å². The highest BCUT2D eigenvalue weighted by molar-refractivity contribution is 9.10. The van der Waals surface area contributed by atoms with Crippen molar-refractivity contribution in [2.45, 2.75) is 38.1 Å². The zero-order valence-electron chi connectivity index (χ0n) is 12.8. The normalized spacial score (nSPS) is 16.2. The van der Waals surface area contributed by atoms with E-state index in [-0.39, 0.29) is 0 Å². The van der Waals surface area contributed by atoms with Gasteiger partial charge >= 0.3 is 0 Å². The van der Waals surface area contributed by atoms with Gasteiger partial charge in [0, 0.05) is 17.8 Å². The molecule has 4 nitrogen and oxygen atoms in total. The number of hydrogen-bond donors (Lipinski definition) is 0. The molecule has 0 heterocycles. The van der Waals surface area contributed by atoms with E-state index in [9.17, 15) is 0 Å². The summed E-state index contributed by atoms with van der Waals surface area (Å²) < 4.78 is 17.0. The van der Waals surface area contributed by atoms with Gasteiger partial charge in [0.25, 0.3) is 0 Å². The minimum atomic E-state index is 0.435. The van der Waals surface area contributed by atoms with Crippen molar-refractivity contribution in [1.82, 2.24) is 0 Å². The smallest absolute Gasteiger partial charge is 0.204 e. The lowest BCUT2D eigenvalue weighted by Gasteiger charge is -2.18. The van der Waals surface area contributed by atoms with E-state index in [1.54, 1.807) is 21.3 Å². The maximum atomic E-state index is 5.43. The summed E-state index contributed by atoms with van der Waals surface area (Å²) in [4.78, 5) is 4.71. The van der Waals surface area contributed by atoms with Crippen LogP contribution in [0.15, 0.2) is 15.5 Å². The summed E-state index contributed by atoms with van der Waals surface area (Å²) in [7, 11) is 4.83. The van der Waals surface area contributed by atoms with Crippen molar-refractivity contribution >= 4 is 22.1 Å². The van der Waals surface area contributed by atoms with Crippen LogP contribution in [0.5, 0.6) is 17.2 Å². The summed E-state index contributed by atoms with van der Waals surface area (Å²) in [5, 5.41) is 0. The van der Waals surface area contributed by atoms with E-state index in [2.05, 4.69) is 15.9 Å². The first-order chi connectivity index (χ1) is 10.2. The lowest BCUT2D eigenvalue weighted by Crippen LogP contribution is -2.09. The standard InChI is InChI=1S/C16H22BrNO3/c1-19-13-9-11(10-18-12-7-5-4-6-8-12)14(17)16(21-3)15(13)20-2/h9-10,12H,4-8H2,1-3H3. The maximum Gasteiger partial charge on any atom is 0.204 e. The van der Waals surface area contributed by atoms with Crippen LogP contribution in [0.4, 0.5) is 0 Å². The number of rotatable bonds is 5. The Morgan fingerprint density at radius 3 is 2.29 bits per heavy atom. The molecule has 0 N–H and O–H groups in total. The highest BCUT2D eigenvalue weighted by Gasteiger charge is 2.18. The summed E-state index contributed by atoms with van der Waals surface area (Å²) in [6.45, 7) is 0. The molecule has 0 spiro atoms. The highest BCUT2D eigenvalue weighted by atomic mass is 79.9. The molecule has 1 aromatic rings. The fourth-order valence-electron chi connectivity index (χ4n) is 2.65. The molecule has 1 saturated carbocycles. The minimum Gasteiger partial charge on any atom is -0.493 e. The lowest BCUT2D eigenvalue weighted by atomic mass is 9.96. The van der Waals surface area contributed by atoms with Gasteiger partial charge in [-0.2, -0.15) is 0 Å². The van der Waals surface area contributed by atoms with E-state index in [1.807, 2.05) is 12.3 Å². The van der Waals surface area contributed by atoms with Crippen LogP contribution in [0.3, 0.4) is 0 Å². The number of nitrogens with zero attached hydrogens (tertiary/aromatic N) is 1. The van der Waals surface area contributed by atoms with Crippen molar-refractivity contribution < 1.29 is 14.2 Å².